The molecule has 1 saturated heterocycles. The summed E-state index contributed by atoms with van der Waals surface area (Å²) in [6.07, 6.45) is 3.52. The Balaban J connectivity index is 0.000000184. The molecule has 0 amide bonds. The van der Waals surface area contributed by atoms with Crippen molar-refractivity contribution in [3.63, 3.8) is 0 Å². The summed E-state index contributed by atoms with van der Waals surface area (Å²) in [4.78, 5) is 0. The number of aromatic nitrogens is 3. The highest BCUT2D eigenvalue weighted by molar-refractivity contribution is 14.1. The monoisotopic (exact) mass is 2050 g/mol. The Morgan fingerprint density at radius 3 is 0.917 bits per heavy atom. The van der Waals surface area contributed by atoms with Crippen LogP contribution in [-0.4, -0.2) is 82.1 Å². The van der Waals surface area contributed by atoms with E-state index in [-0.39, 0.29) is 50.8 Å². The highest BCUT2D eigenvalue weighted by atomic mass is 127. The van der Waals surface area contributed by atoms with Crippen LogP contribution in [0.25, 0.3) is 103 Å². The smallest absolute Gasteiger partial charge is 0.504 e. The third kappa shape index (κ3) is 20.6. The van der Waals surface area contributed by atoms with Gasteiger partial charge in [-0.05, 0) is 281 Å². The summed E-state index contributed by atoms with van der Waals surface area (Å²) in [6.45, 7) is 54.1. The van der Waals surface area contributed by atoms with E-state index in [9.17, 15) is 10.2 Å². The van der Waals surface area contributed by atoms with Crippen LogP contribution in [0.2, 0.25) is 0 Å². The van der Waals surface area contributed by atoms with Crippen molar-refractivity contribution < 1.29 is 47.9 Å². The first-order chi connectivity index (χ1) is 62.4. The fraction of sp³-hybridized carbons (Fsp3) is 0.363. The van der Waals surface area contributed by atoms with E-state index in [1.54, 1.807) is 34.0 Å². The molecule has 690 valence electrons. The van der Waals surface area contributed by atoms with Crippen LogP contribution in [0, 0.1) is 7.14 Å². The van der Waals surface area contributed by atoms with E-state index in [0.29, 0.717) is 19.8 Å². The summed E-state index contributed by atoms with van der Waals surface area (Å²) in [5.74, 6) is 4.61. The van der Waals surface area contributed by atoms with Gasteiger partial charge in [0.05, 0.1) is 88.3 Å². The zero-order valence-electron chi connectivity index (χ0n) is 81.0. The highest BCUT2D eigenvalue weighted by Crippen LogP contribution is 2.51. The van der Waals surface area contributed by atoms with E-state index in [0.717, 1.165) is 151 Å². The maximum atomic E-state index is 12.1. The number of rotatable bonds is 24. The number of ether oxygens (including phenoxy) is 6. The van der Waals surface area contributed by atoms with Crippen molar-refractivity contribution in [2.24, 2.45) is 0 Å². The average molecular weight is 2050 g/mol. The Kier molecular flexibility index (Phi) is 28.6. The quantitative estimate of drug-likeness (QED) is 0.0261. The first kappa shape index (κ1) is 97.3. The highest BCUT2D eigenvalue weighted by Gasteiger charge is 2.54. The minimum atomic E-state index is -0.520. The number of halogens is 2. The number of aromatic hydroxyl groups is 2. The predicted molar refractivity (Wildman–Crippen MR) is 574 cm³/mol. The van der Waals surface area contributed by atoms with E-state index in [1.165, 1.54) is 65.7 Å². The fourth-order valence-electron chi connectivity index (χ4n) is 16.8. The second-order valence-electron chi connectivity index (χ2n) is 41.8. The molecule has 16 aromatic rings. The van der Waals surface area contributed by atoms with Crippen LogP contribution in [0.5, 0.6) is 40.2 Å². The molecule has 2 N–H and O–H groups in total. The molecule has 7 heterocycles. The lowest BCUT2D eigenvalue weighted by molar-refractivity contribution is 0.00578. The van der Waals surface area contributed by atoms with Gasteiger partial charge in [0.15, 0.2) is 24.0 Å². The van der Waals surface area contributed by atoms with Crippen LogP contribution in [0.15, 0.2) is 222 Å². The molecule has 0 atom stereocenters. The largest absolute Gasteiger partial charge is 0.509 e. The van der Waals surface area contributed by atoms with Crippen LogP contribution < -0.4 is 28.5 Å². The number of thiophene rings is 3. The fourth-order valence-corrected chi connectivity index (χ4v) is 20.8. The molecule has 6 aromatic heterocycles. The molecule has 19 heteroatoms. The molecule has 1 aliphatic rings. The zero-order chi connectivity index (χ0) is 94.5. The lowest BCUT2D eigenvalue weighted by atomic mass is 9.85. The maximum Gasteiger partial charge on any atom is 0.509 e. The van der Waals surface area contributed by atoms with E-state index in [2.05, 4.69) is 338 Å². The minimum absolute atomic E-state index is 0.00329. The number of hydrogen-bond donors (Lipinski definition) is 2. The topological polar surface area (TPSA) is 129 Å². The average Bonchev–Trinajstić information content (AvgIpc) is 1.58. The molecule has 10 aromatic carbocycles. The summed E-state index contributed by atoms with van der Waals surface area (Å²) in [6, 6.07) is 72.9. The Hall–Kier alpha value is -9.30. The molecule has 0 spiro atoms. The Morgan fingerprint density at radius 2 is 0.621 bits per heavy atom. The predicted octanol–water partition coefficient (Wildman–Crippen LogP) is 31.4. The van der Waals surface area contributed by atoms with Crippen molar-refractivity contribution in [1.29, 1.82) is 0 Å². The lowest BCUT2D eigenvalue weighted by Gasteiger charge is -2.32. The molecule has 13 nitrogen and oxygen atoms in total. The lowest BCUT2D eigenvalue weighted by Crippen LogP contribution is -2.41. The molecule has 0 saturated carbocycles. The minimum Gasteiger partial charge on any atom is -0.504 e. The van der Waals surface area contributed by atoms with Gasteiger partial charge in [0.2, 0.25) is 0 Å². The molecule has 0 bridgehead atoms. The molecule has 1 aliphatic heterocycles. The van der Waals surface area contributed by atoms with Gasteiger partial charge in [-0.2, -0.15) is 0 Å². The number of unbranched alkanes of at least 4 members (excludes halogenated alkanes) is 2. The number of hydrogen-bond acceptors (Lipinski definition) is 13. The van der Waals surface area contributed by atoms with Crippen LogP contribution in [0.3, 0.4) is 0 Å². The second-order valence-corrected chi connectivity index (χ2v) is 46.8. The molecular formula is C113H128BI2N3O10S3. The van der Waals surface area contributed by atoms with Crippen molar-refractivity contribution >= 4 is 157 Å². The van der Waals surface area contributed by atoms with Crippen LogP contribution in [0.4, 0.5) is 0 Å². The summed E-state index contributed by atoms with van der Waals surface area (Å²) in [5.41, 5.74) is 17.7. The summed E-state index contributed by atoms with van der Waals surface area (Å²) >= 11 is 9.29. The Labute approximate surface area is 820 Å². The number of fused-ring (bicyclic) bond motifs is 9. The maximum absolute atomic E-state index is 12.1. The van der Waals surface area contributed by atoms with Gasteiger partial charge in [-0.25, -0.2) is 0 Å². The molecule has 17 rings (SSSR count). The molecular weight excluding hydrogens is 1920 g/mol. The normalized spacial score (nSPS) is 13.8. The summed E-state index contributed by atoms with van der Waals surface area (Å²) in [7, 11) is -0.520. The molecule has 0 radical (unpaired) electrons. The van der Waals surface area contributed by atoms with Crippen molar-refractivity contribution in [3.05, 3.63) is 263 Å². The van der Waals surface area contributed by atoms with Crippen LogP contribution in [0.1, 0.15) is 218 Å². The van der Waals surface area contributed by atoms with E-state index >= 15 is 0 Å². The van der Waals surface area contributed by atoms with E-state index in [1.807, 2.05) is 103 Å². The van der Waals surface area contributed by atoms with Gasteiger partial charge in [-0.3, -0.25) is 9.13 Å². The number of para-hydroxylation sites is 4. The summed E-state index contributed by atoms with van der Waals surface area (Å²) < 4.78 is 59.4. The van der Waals surface area contributed by atoms with Gasteiger partial charge < -0.3 is 52.5 Å². The third-order valence-corrected chi connectivity index (χ3v) is 30.1. The first-order valence-electron chi connectivity index (χ1n) is 46.2. The van der Waals surface area contributed by atoms with E-state index in [4.69, 9.17) is 37.7 Å². The van der Waals surface area contributed by atoms with Gasteiger partial charge >= 0.3 is 7.12 Å². The zero-order valence-corrected chi connectivity index (χ0v) is 87.8. The van der Waals surface area contributed by atoms with Gasteiger partial charge in [-0.15, -0.1) is 34.0 Å². The second kappa shape index (κ2) is 38.8. The van der Waals surface area contributed by atoms with Crippen molar-refractivity contribution in [3.8, 4) is 78.2 Å². The van der Waals surface area contributed by atoms with Gasteiger partial charge in [-0.1, -0.05) is 222 Å². The molecule has 0 unspecified atom stereocenters. The Bertz CT molecular complexity index is 6340. The molecule has 132 heavy (non-hydrogen) atoms. The molecule has 1 fully saturated rings. The van der Waals surface area contributed by atoms with Crippen molar-refractivity contribution in [1.82, 2.24) is 13.7 Å². The van der Waals surface area contributed by atoms with E-state index < -0.39 is 18.3 Å². The number of benzene rings is 10. The van der Waals surface area contributed by atoms with Crippen LogP contribution >= 0.6 is 79.2 Å². The SMILES string of the molecule is CC(C)(C)c1ccc2c(c1)c1cc(C(C)(C)C)ccc1n2-c1scc(-c2ccccc2OCCCCOc2ccccc2-c2csc(-n3c4ccc(C(C)(C)C)cc4c4cc(C(C)(C)C)ccc43)c2O)c1O.CCOCOc1c(-n2c3ccc(C(C)(C)C)cc3c3cc(C(C)(C)C)ccc32)csc1B1OC(C)(C)C(C)(C)O1.Ic1ccccc1OCCCCOc1ccccc1I. The van der Waals surface area contributed by atoms with Gasteiger partial charge in [0.1, 0.15) is 33.0 Å². The third-order valence-electron chi connectivity index (χ3n) is 25.5. The van der Waals surface area contributed by atoms with Gasteiger partial charge in [0, 0.05) is 77.3 Å². The van der Waals surface area contributed by atoms with Gasteiger partial charge in [0.25, 0.3) is 0 Å². The van der Waals surface area contributed by atoms with Crippen molar-refractivity contribution in [2.45, 2.75) is 229 Å². The first-order valence-corrected chi connectivity index (χ1v) is 51.0. The van der Waals surface area contributed by atoms with Crippen molar-refractivity contribution in [2.75, 3.05) is 39.8 Å². The van der Waals surface area contributed by atoms with Crippen LogP contribution in [-0.2, 0) is 46.5 Å². The summed E-state index contributed by atoms with van der Waals surface area (Å²) in [5, 5.41) is 39.3. The molecule has 0 aliphatic carbocycles. The standard InChI is InChI=1S/C64H68N2O4S2.C33H44BNO4S.C16H16I2O2/c1-61(2,3)39-23-27-51-45(33-39)46-34-40(62(4,5)6)24-28-52(46)65(51)59-57(67)49(37-71-59)43-19-13-15-21-55(43)69-31-17-18-32-70-56-22-16-14-20-44(56)50-38-72-60(58(50)68)66-53-29-25-41(63(7,8)9)35-47(53)48-36-42(64(10,11)12)26-30-54(48)66;1-12-36-20-37-28-27(19-40-29(28)34-38-32(8,9)33(10,11)39-34)35-25-15-13-21(30(2,3)4)17-23(25)24-18-22(31(5,6)7)14-16-26(24)35;17-13-7-1-3-9-15(13)19-11-5-6-12-20-16-10-4-2-8-14(16)18/h13-16,19-30,33-38,67-68H,17-18,31-32H2,1-12H3;13-19H,12,20H2,1-11H3;1-4,7-10H,5-6,11-12H2. The Morgan fingerprint density at radius 1 is 0.341 bits per heavy atom. The number of nitrogens with zero attached hydrogens (tertiary/aromatic N) is 3.